The molecule has 3 aliphatic rings. The van der Waals surface area contributed by atoms with Crippen LogP contribution in [0.1, 0.15) is 55.6 Å². The molecule has 1 aromatic heterocycles. The van der Waals surface area contributed by atoms with Crippen molar-refractivity contribution >= 4 is 32.6 Å². The van der Waals surface area contributed by atoms with Crippen LogP contribution in [0.25, 0.3) is 60.5 Å². The van der Waals surface area contributed by atoms with Crippen LogP contribution >= 0.6 is 0 Å². The Balaban J connectivity index is 1.22. The Kier molecular flexibility index (Phi) is 5.96. The molecule has 0 atom stereocenters. The first-order chi connectivity index (χ1) is 28.1. The van der Waals surface area contributed by atoms with Gasteiger partial charge in [0.25, 0.3) is 0 Å². The van der Waals surface area contributed by atoms with Gasteiger partial charge in [0, 0.05) is 21.8 Å². The summed E-state index contributed by atoms with van der Waals surface area (Å²) >= 11 is 0. The molecule has 0 bridgehead atoms. The first kappa shape index (κ1) is 31.3. The van der Waals surface area contributed by atoms with Gasteiger partial charge in [0.05, 0.1) is 21.9 Å². The van der Waals surface area contributed by atoms with E-state index < -0.39 is 10.8 Å². The van der Waals surface area contributed by atoms with E-state index in [1.165, 1.54) is 116 Å². The monoisotopic (exact) mass is 723 g/mol. The topological polar surface area (TPSA) is 4.93 Å². The first-order valence-corrected chi connectivity index (χ1v) is 20.2. The number of hydrogen-bond donors (Lipinski definition) is 0. The van der Waals surface area contributed by atoms with Crippen LogP contribution in [0.2, 0.25) is 0 Å². The number of rotatable bonds is 1. The smallest absolute Gasteiger partial charge is 0.0720 e. The molecule has 57 heavy (non-hydrogen) atoms. The summed E-state index contributed by atoms with van der Waals surface area (Å²) in [6.45, 7) is 4.43. The van der Waals surface area contributed by atoms with Crippen LogP contribution in [0.5, 0.6) is 0 Å². The van der Waals surface area contributed by atoms with Crippen molar-refractivity contribution in [1.29, 1.82) is 0 Å². The Morgan fingerprint density at radius 3 is 1.35 bits per heavy atom. The van der Waals surface area contributed by atoms with E-state index in [4.69, 9.17) is 0 Å². The van der Waals surface area contributed by atoms with Gasteiger partial charge in [-0.25, -0.2) is 0 Å². The standard InChI is InChI=1S/C56H37N/c1-34-29-35(2)31-37(30-34)57-53-33-43-41-19-7-10-22-47(41)56(52(43)32-44(53)42-28-27-36-15-3-4-16-38(36)54(42)57)50-25-13-11-23-48(50)55(49-24-12-14-26-51(49)56)45-20-8-5-17-39(45)40-18-6-9-21-46(40)55/h3-33H,1-2H3. The van der Waals surface area contributed by atoms with Crippen molar-refractivity contribution in [2.75, 3.05) is 0 Å². The Labute approximate surface area is 332 Å². The average molecular weight is 724 g/mol. The molecule has 9 aromatic carbocycles. The minimum Gasteiger partial charge on any atom is -0.309 e. The molecule has 266 valence electrons. The lowest BCUT2D eigenvalue weighted by atomic mass is 9.52. The predicted octanol–water partition coefficient (Wildman–Crippen LogP) is 13.6. The van der Waals surface area contributed by atoms with Crippen LogP contribution < -0.4 is 0 Å². The molecule has 3 aliphatic carbocycles. The maximum absolute atomic E-state index is 2.59. The zero-order chi connectivity index (χ0) is 37.6. The molecule has 0 amide bonds. The van der Waals surface area contributed by atoms with E-state index in [9.17, 15) is 0 Å². The van der Waals surface area contributed by atoms with E-state index in [1.54, 1.807) is 0 Å². The highest BCUT2D eigenvalue weighted by Gasteiger charge is 2.58. The third-order valence-electron chi connectivity index (χ3n) is 13.7. The number of hydrogen-bond acceptors (Lipinski definition) is 0. The van der Waals surface area contributed by atoms with E-state index in [1.807, 2.05) is 0 Å². The number of benzene rings is 9. The van der Waals surface area contributed by atoms with Crippen molar-refractivity contribution < 1.29 is 0 Å². The lowest BCUT2D eigenvalue weighted by Gasteiger charge is -2.48. The summed E-state index contributed by atoms with van der Waals surface area (Å²) in [5.41, 5.74) is 21.5. The van der Waals surface area contributed by atoms with Gasteiger partial charge >= 0.3 is 0 Å². The molecule has 0 unspecified atom stereocenters. The number of nitrogens with zero attached hydrogens (tertiary/aromatic N) is 1. The third kappa shape index (κ3) is 3.67. The molecule has 0 radical (unpaired) electrons. The van der Waals surface area contributed by atoms with Crippen LogP contribution in [-0.2, 0) is 10.8 Å². The number of fused-ring (bicyclic) bond motifs is 21. The van der Waals surface area contributed by atoms with E-state index in [0.717, 1.165) is 0 Å². The number of aromatic nitrogens is 1. The quantitative estimate of drug-likeness (QED) is 0.159. The fraction of sp³-hybridized carbons (Fsp3) is 0.0714. The van der Waals surface area contributed by atoms with Crippen molar-refractivity contribution in [3.05, 3.63) is 244 Å². The van der Waals surface area contributed by atoms with Gasteiger partial charge in [-0.2, -0.15) is 0 Å². The molecule has 0 N–H and O–H groups in total. The molecule has 0 aliphatic heterocycles. The normalized spacial score (nSPS) is 14.8. The lowest BCUT2D eigenvalue weighted by molar-refractivity contribution is 0.633. The predicted molar refractivity (Wildman–Crippen MR) is 236 cm³/mol. The summed E-state index contributed by atoms with van der Waals surface area (Å²) in [4.78, 5) is 0. The van der Waals surface area contributed by atoms with Gasteiger partial charge in [-0.05, 0) is 121 Å². The van der Waals surface area contributed by atoms with Gasteiger partial charge in [-0.1, -0.05) is 164 Å². The van der Waals surface area contributed by atoms with E-state index >= 15 is 0 Å². The van der Waals surface area contributed by atoms with Gasteiger partial charge < -0.3 is 4.57 Å². The van der Waals surface area contributed by atoms with Gasteiger partial charge in [0.2, 0.25) is 0 Å². The molecule has 13 rings (SSSR count). The minimum absolute atomic E-state index is 0.453. The summed E-state index contributed by atoms with van der Waals surface area (Å²) in [6, 6.07) is 72.0. The third-order valence-corrected chi connectivity index (χ3v) is 13.7. The first-order valence-electron chi connectivity index (χ1n) is 20.2. The van der Waals surface area contributed by atoms with Crippen molar-refractivity contribution in [1.82, 2.24) is 4.57 Å². The largest absolute Gasteiger partial charge is 0.309 e. The van der Waals surface area contributed by atoms with Crippen LogP contribution in [-0.4, -0.2) is 4.57 Å². The second-order valence-electron chi connectivity index (χ2n) is 16.5. The second kappa shape index (κ2) is 10.9. The summed E-state index contributed by atoms with van der Waals surface area (Å²) < 4.78 is 2.55. The molecular formula is C56H37N. The van der Waals surface area contributed by atoms with Crippen molar-refractivity contribution in [2.45, 2.75) is 24.7 Å². The molecular weight excluding hydrogens is 687 g/mol. The Hall–Kier alpha value is -6.96. The lowest BCUT2D eigenvalue weighted by Crippen LogP contribution is -2.43. The minimum atomic E-state index is -0.532. The number of aryl methyl sites for hydroxylation is 2. The van der Waals surface area contributed by atoms with E-state index in [-0.39, 0.29) is 0 Å². The summed E-state index contributed by atoms with van der Waals surface area (Å²) in [6.07, 6.45) is 0. The zero-order valence-electron chi connectivity index (χ0n) is 31.8. The molecule has 2 spiro atoms. The van der Waals surface area contributed by atoms with Crippen LogP contribution in [0.3, 0.4) is 0 Å². The SMILES string of the molecule is Cc1cc(C)cc(-n2c3cc4c(cc3c3ccc5ccccc5c32)C2(c3ccccc3-4)c3ccccc3C3(c4ccccc4-c4ccccc43)c3ccccc32)c1. The maximum atomic E-state index is 2.59. The molecule has 1 nitrogen and oxygen atoms in total. The van der Waals surface area contributed by atoms with Crippen LogP contribution in [0, 0.1) is 13.8 Å². The molecule has 1 heterocycles. The average Bonchev–Trinajstić information content (AvgIpc) is 3.85. The Morgan fingerprint density at radius 1 is 0.333 bits per heavy atom. The fourth-order valence-corrected chi connectivity index (χ4v) is 11.9. The molecule has 0 saturated carbocycles. The zero-order valence-corrected chi connectivity index (χ0v) is 31.8. The van der Waals surface area contributed by atoms with Crippen LogP contribution in [0.15, 0.2) is 188 Å². The Bertz CT molecular complexity index is 3280. The highest BCUT2D eigenvalue weighted by Crippen LogP contribution is 2.67. The van der Waals surface area contributed by atoms with E-state index in [2.05, 4.69) is 206 Å². The van der Waals surface area contributed by atoms with E-state index in [0.29, 0.717) is 0 Å². The van der Waals surface area contributed by atoms with Crippen molar-refractivity contribution in [3.8, 4) is 27.9 Å². The molecule has 10 aromatic rings. The summed E-state index contributed by atoms with van der Waals surface area (Å²) in [5, 5.41) is 5.09. The molecule has 0 saturated heterocycles. The van der Waals surface area contributed by atoms with Crippen LogP contribution in [0.4, 0.5) is 0 Å². The Morgan fingerprint density at radius 2 is 0.789 bits per heavy atom. The summed E-state index contributed by atoms with van der Waals surface area (Å²) in [7, 11) is 0. The van der Waals surface area contributed by atoms with Crippen molar-refractivity contribution in [2.24, 2.45) is 0 Å². The highest BCUT2D eigenvalue weighted by molar-refractivity contribution is 6.20. The van der Waals surface area contributed by atoms with Gasteiger partial charge in [-0.15, -0.1) is 0 Å². The summed E-state index contributed by atoms with van der Waals surface area (Å²) in [5.74, 6) is 0. The van der Waals surface area contributed by atoms with Crippen molar-refractivity contribution in [3.63, 3.8) is 0 Å². The second-order valence-corrected chi connectivity index (χ2v) is 16.5. The van der Waals surface area contributed by atoms with Gasteiger partial charge in [0.1, 0.15) is 0 Å². The molecule has 0 fully saturated rings. The van der Waals surface area contributed by atoms with Gasteiger partial charge in [-0.3, -0.25) is 0 Å². The highest BCUT2D eigenvalue weighted by atomic mass is 15.0. The molecule has 1 heteroatoms. The van der Waals surface area contributed by atoms with Gasteiger partial charge in [0.15, 0.2) is 0 Å². The maximum Gasteiger partial charge on any atom is 0.0720 e. The fourth-order valence-electron chi connectivity index (χ4n) is 11.9.